The van der Waals surface area contributed by atoms with Crippen molar-refractivity contribution in [1.29, 1.82) is 0 Å². The molecular weight excluding hydrogens is 529 g/mol. The summed E-state index contributed by atoms with van der Waals surface area (Å²) in [4.78, 5) is 40.9. The number of aromatic nitrogens is 2. The molecule has 10 nitrogen and oxygen atoms in total. The van der Waals surface area contributed by atoms with Crippen LogP contribution in [0.1, 0.15) is 51.6 Å². The van der Waals surface area contributed by atoms with E-state index >= 15 is 13.2 Å². The van der Waals surface area contributed by atoms with Gasteiger partial charge in [0, 0.05) is 51.6 Å². The lowest BCUT2D eigenvalue weighted by atomic mass is 9.92. The number of piperazine rings is 1. The van der Waals surface area contributed by atoms with Crippen LogP contribution in [0.15, 0.2) is 12.1 Å². The molecule has 0 saturated carbocycles. The zero-order valence-corrected chi connectivity index (χ0v) is 23.2. The summed E-state index contributed by atoms with van der Waals surface area (Å²) in [6, 6.07) is 2.02. The number of amides is 3. The summed E-state index contributed by atoms with van der Waals surface area (Å²) in [5.74, 6) is -5.01. The average molecular weight is 565 g/mol. The van der Waals surface area contributed by atoms with Gasteiger partial charge in [-0.25, -0.2) is 18.0 Å². The van der Waals surface area contributed by atoms with Crippen molar-refractivity contribution < 1.29 is 32.3 Å². The zero-order chi connectivity index (χ0) is 29.0. The number of benzene rings is 1. The highest BCUT2D eigenvalue weighted by Gasteiger charge is 2.49. The van der Waals surface area contributed by atoms with E-state index in [1.54, 1.807) is 43.5 Å². The number of piperidine rings is 2. The van der Waals surface area contributed by atoms with Crippen LogP contribution in [-0.4, -0.2) is 94.3 Å². The lowest BCUT2D eigenvalue weighted by Crippen LogP contribution is -2.62. The number of imide groups is 1. The average Bonchev–Trinajstić information content (AvgIpc) is 3.17. The molecule has 3 aliphatic rings. The summed E-state index contributed by atoms with van der Waals surface area (Å²) in [6.45, 7) is 5.90. The molecule has 40 heavy (non-hydrogen) atoms. The van der Waals surface area contributed by atoms with Crippen molar-refractivity contribution in [3.05, 3.63) is 23.6 Å². The van der Waals surface area contributed by atoms with E-state index in [4.69, 9.17) is 4.74 Å². The van der Waals surface area contributed by atoms with Crippen molar-refractivity contribution in [2.45, 2.75) is 63.5 Å². The number of anilines is 1. The Morgan fingerprint density at radius 3 is 2.42 bits per heavy atom. The smallest absolute Gasteiger partial charge is 0.410 e. The zero-order valence-electron chi connectivity index (χ0n) is 23.2. The summed E-state index contributed by atoms with van der Waals surface area (Å²) < 4.78 is 52.6. The van der Waals surface area contributed by atoms with Gasteiger partial charge in [0.05, 0.1) is 35.4 Å². The lowest BCUT2D eigenvalue weighted by Gasteiger charge is -2.46. The van der Waals surface area contributed by atoms with E-state index in [2.05, 4.69) is 10.4 Å². The van der Waals surface area contributed by atoms with Gasteiger partial charge in [-0.3, -0.25) is 24.5 Å². The monoisotopic (exact) mass is 564 g/mol. The quantitative estimate of drug-likeness (QED) is 0.573. The molecule has 0 bridgehead atoms. The van der Waals surface area contributed by atoms with Gasteiger partial charge in [-0.15, -0.1) is 0 Å². The maximum Gasteiger partial charge on any atom is 0.410 e. The number of hydrogen-bond acceptors (Lipinski definition) is 7. The van der Waals surface area contributed by atoms with Crippen LogP contribution >= 0.6 is 0 Å². The van der Waals surface area contributed by atoms with Gasteiger partial charge in [-0.1, -0.05) is 0 Å². The fraction of sp³-hybridized carbons (Fsp3) is 0.630. The first kappa shape index (κ1) is 28.2. The van der Waals surface area contributed by atoms with Crippen molar-refractivity contribution in [2.24, 2.45) is 7.05 Å². The van der Waals surface area contributed by atoms with E-state index in [0.717, 1.165) is 4.90 Å². The molecule has 0 spiro atoms. The summed E-state index contributed by atoms with van der Waals surface area (Å²) in [5, 5.41) is 7.30. The van der Waals surface area contributed by atoms with E-state index in [1.807, 2.05) is 4.90 Å². The molecule has 1 aromatic carbocycles. The Bertz CT molecular complexity index is 1330. The Balaban J connectivity index is 1.27. The highest BCUT2D eigenvalue weighted by atomic mass is 19.3. The number of hydrogen-bond donors (Lipinski definition) is 1. The van der Waals surface area contributed by atoms with Gasteiger partial charge < -0.3 is 14.5 Å². The molecule has 3 saturated heterocycles. The second-order valence-electron chi connectivity index (χ2n) is 11.8. The third kappa shape index (κ3) is 5.48. The number of fused-ring (bicyclic) bond motifs is 1. The van der Waals surface area contributed by atoms with E-state index in [-0.39, 0.29) is 25.3 Å². The normalized spacial score (nSPS) is 24.4. The number of carbonyl (C=O) groups is 3. The minimum absolute atomic E-state index is 0.116. The van der Waals surface area contributed by atoms with Crippen molar-refractivity contribution in [2.75, 3.05) is 44.2 Å². The maximum absolute atomic E-state index is 15.4. The van der Waals surface area contributed by atoms with Crippen molar-refractivity contribution in [3.8, 4) is 0 Å². The van der Waals surface area contributed by atoms with E-state index in [9.17, 15) is 14.4 Å². The lowest BCUT2D eigenvalue weighted by molar-refractivity contribution is -0.134. The fourth-order valence-electron chi connectivity index (χ4n) is 5.88. The van der Waals surface area contributed by atoms with Gasteiger partial charge in [0.25, 0.3) is 5.92 Å². The number of nitrogens with one attached hydrogen (secondary N) is 1. The molecule has 4 heterocycles. The third-order valence-electron chi connectivity index (χ3n) is 7.83. The molecular formula is C27H35F3N6O4. The van der Waals surface area contributed by atoms with Gasteiger partial charge in [0.15, 0.2) is 0 Å². The second kappa shape index (κ2) is 10.2. The Hall–Kier alpha value is -3.35. The van der Waals surface area contributed by atoms with Crippen LogP contribution in [0.3, 0.4) is 0 Å². The van der Waals surface area contributed by atoms with Gasteiger partial charge in [-0.05, 0) is 45.7 Å². The number of carbonyl (C=O) groups excluding carboxylic acids is 3. The molecule has 0 aliphatic carbocycles. The van der Waals surface area contributed by atoms with Crippen LogP contribution in [0, 0.1) is 5.82 Å². The Morgan fingerprint density at radius 2 is 1.80 bits per heavy atom. The third-order valence-corrected chi connectivity index (χ3v) is 7.83. The standard InChI is InChI=1S/C27H35F3N6O4/c1-26(2,3)40-25(39)36-8-7-21(27(29,30)15-36)35-11-9-34(10-12-35)20-14-19-17(13-18(20)28)23(32-33(19)4)16-5-6-22(37)31-24(16)38/h13-14,16,21H,5-12,15H2,1-4H3,(H,31,37,38)/t16?,21-/m0/s1. The topological polar surface area (TPSA) is 100 Å². The summed E-state index contributed by atoms with van der Waals surface area (Å²) in [5.41, 5.74) is 0.647. The van der Waals surface area contributed by atoms with Crippen LogP contribution in [0.25, 0.3) is 10.9 Å². The van der Waals surface area contributed by atoms with Gasteiger partial charge >= 0.3 is 6.09 Å². The highest BCUT2D eigenvalue weighted by Crippen LogP contribution is 2.36. The van der Waals surface area contributed by atoms with Crippen LogP contribution in [0.2, 0.25) is 0 Å². The predicted molar refractivity (Wildman–Crippen MR) is 141 cm³/mol. The molecule has 3 aliphatic heterocycles. The first-order chi connectivity index (χ1) is 18.7. The molecule has 1 N–H and O–H groups in total. The van der Waals surface area contributed by atoms with E-state index in [1.165, 1.54) is 6.07 Å². The van der Waals surface area contributed by atoms with Gasteiger partial charge in [-0.2, -0.15) is 5.10 Å². The number of halogens is 3. The summed E-state index contributed by atoms with van der Waals surface area (Å²) in [7, 11) is 1.71. The molecule has 13 heteroatoms. The maximum atomic E-state index is 15.4. The molecule has 1 unspecified atom stereocenters. The minimum atomic E-state index is -3.11. The summed E-state index contributed by atoms with van der Waals surface area (Å²) >= 11 is 0. The van der Waals surface area contributed by atoms with Gasteiger partial charge in [0.1, 0.15) is 11.4 Å². The number of likely N-dealkylation sites (tertiary alicyclic amines) is 1. The van der Waals surface area contributed by atoms with E-state index in [0.29, 0.717) is 54.9 Å². The second-order valence-corrected chi connectivity index (χ2v) is 11.8. The highest BCUT2D eigenvalue weighted by molar-refractivity contribution is 6.02. The van der Waals surface area contributed by atoms with Gasteiger partial charge in [0.2, 0.25) is 11.8 Å². The van der Waals surface area contributed by atoms with Crippen molar-refractivity contribution >= 4 is 34.5 Å². The Labute approximate surface area is 230 Å². The number of ether oxygens (including phenoxy) is 1. The number of rotatable bonds is 3. The van der Waals surface area contributed by atoms with Crippen molar-refractivity contribution in [3.63, 3.8) is 0 Å². The first-order valence-corrected chi connectivity index (χ1v) is 13.6. The van der Waals surface area contributed by atoms with Crippen LogP contribution in [-0.2, 0) is 21.4 Å². The minimum Gasteiger partial charge on any atom is -0.444 e. The van der Waals surface area contributed by atoms with E-state index < -0.39 is 47.8 Å². The molecule has 1 aromatic heterocycles. The number of alkyl halides is 2. The van der Waals surface area contributed by atoms with Crippen molar-refractivity contribution in [1.82, 2.24) is 24.9 Å². The van der Waals surface area contributed by atoms with Crippen LogP contribution in [0.5, 0.6) is 0 Å². The SMILES string of the molecule is Cn1nc(C2CCC(=O)NC2=O)c2cc(F)c(N3CCN([C@H]4CCN(C(=O)OC(C)(C)C)CC4(F)F)CC3)cc21. The molecule has 2 atom stereocenters. The summed E-state index contributed by atoms with van der Waals surface area (Å²) in [6.07, 6.45) is -0.121. The largest absolute Gasteiger partial charge is 0.444 e. The fourth-order valence-corrected chi connectivity index (χ4v) is 5.88. The molecule has 3 fully saturated rings. The Kier molecular flexibility index (Phi) is 7.22. The van der Waals surface area contributed by atoms with Crippen LogP contribution < -0.4 is 10.2 Å². The molecule has 0 radical (unpaired) electrons. The molecule has 218 valence electrons. The molecule has 5 rings (SSSR count). The molecule has 3 amide bonds. The predicted octanol–water partition coefficient (Wildman–Crippen LogP) is 3.00. The first-order valence-electron chi connectivity index (χ1n) is 13.6. The number of aryl methyl sites for hydroxylation is 1. The molecule has 2 aromatic rings. The number of nitrogens with zero attached hydrogens (tertiary/aromatic N) is 5. The van der Waals surface area contributed by atoms with Crippen LogP contribution in [0.4, 0.5) is 23.7 Å². The Morgan fingerprint density at radius 1 is 1.10 bits per heavy atom.